The zero-order valence-corrected chi connectivity index (χ0v) is 20.3. The van der Waals surface area contributed by atoms with Crippen LogP contribution in [0.15, 0.2) is 24.3 Å². The second-order valence-electron chi connectivity index (χ2n) is 8.63. The van der Waals surface area contributed by atoms with Gasteiger partial charge < -0.3 is 20.3 Å². The van der Waals surface area contributed by atoms with Gasteiger partial charge in [-0.05, 0) is 49.0 Å². The van der Waals surface area contributed by atoms with Crippen LogP contribution in [0.4, 0.5) is 0 Å². The summed E-state index contributed by atoms with van der Waals surface area (Å²) in [5.74, 6) is -0.833. The predicted octanol–water partition coefficient (Wildman–Crippen LogP) is 2.92. The number of unbranched alkanes of at least 4 members (excludes halogenated alkanes) is 1. The van der Waals surface area contributed by atoms with E-state index < -0.39 is 17.9 Å². The monoisotopic (exact) mass is 461 g/mol. The molecule has 0 bridgehead atoms. The number of nitrogens with one attached hydrogen (secondary N) is 2. The third-order valence-corrected chi connectivity index (χ3v) is 5.80. The molecule has 0 saturated carbocycles. The topological polar surface area (TPSA) is 87.7 Å². The van der Waals surface area contributed by atoms with Crippen molar-refractivity contribution in [2.45, 2.75) is 65.3 Å². The van der Waals surface area contributed by atoms with Crippen LogP contribution in [0.3, 0.4) is 0 Å². The first kappa shape index (κ1) is 25.8. The summed E-state index contributed by atoms with van der Waals surface area (Å²) in [5, 5.41) is 5.66. The van der Waals surface area contributed by atoms with Gasteiger partial charge in [-0.1, -0.05) is 51.5 Å². The number of nitrogens with zero attached hydrogens (tertiary/aromatic N) is 1. The highest BCUT2D eigenvalue weighted by Crippen LogP contribution is 2.18. The molecule has 1 aromatic carbocycles. The van der Waals surface area contributed by atoms with Crippen LogP contribution < -0.4 is 10.6 Å². The van der Waals surface area contributed by atoms with Crippen LogP contribution in [0.2, 0.25) is 0 Å². The highest BCUT2D eigenvalue weighted by molar-refractivity contribution is 7.80. The van der Waals surface area contributed by atoms with Crippen molar-refractivity contribution in [3.8, 4) is 0 Å². The number of amides is 2. The van der Waals surface area contributed by atoms with E-state index in [1.165, 1.54) is 5.56 Å². The number of hydrogen-bond acceptors (Lipinski definition) is 5. The second kappa shape index (κ2) is 12.5. The first-order chi connectivity index (χ1) is 15.2. The van der Waals surface area contributed by atoms with Crippen molar-refractivity contribution in [1.29, 1.82) is 0 Å². The highest BCUT2D eigenvalue weighted by atomic mass is 32.1. The normalized spacial score (nSPS) is 17.0. The van der Waals surface area contributed by atoms with Gasteiger partial charge in [-0.3, -0.25) is 14.4 Å². The molecule has 8 heteroatoms. The highest BCUT2D eigenvalue weighted by Gasteiger charge is 2.34. The Morgan fingerprint density at radius 2 is 1.94 bits per heavy atom. The van der Waals surface area contributed by atoms with Gasteiger partial charge >= 0.3 is 5.97 Å². The Hall–Kier alpha value is -2.48. The van der Waals surface area contributed by atoms with Gasteiger partial charge in [0.2, 0.25) is 11.8 Å². The maximum Gasteiger partial charge on any atom is 0.308 e. The van der Waals surface area contributed by atoms with Crippen LogP contribution in [0.1, 0.15) is 64.0 Å². The number of esters is 1. The fourth-order valence-electron chi connectivity index (χ4n) is 3.56. The van der Waals surface area contributed by atoms with Gasteiger partial charge in [0.1, 0.15) is 6.04 Å². The molecule has 2 N–H and O–H groups in total. The average molecular weight is 462 g/mol. The largest absolute Gasteiger partial charge is 0.466 e. The Labute approximate surface area is 196 Å². The molecular formula is C24H35N3O4S. The maximum atomic E-state index is 12.8. The molecule has 1 aliphatic heterocycles. The van der Waals surface area contributed by atoms with Crippen LogP contribution in [-0.2, 0) is 25.5 Å². The van der Waals surface area contributed by atoms with Gasteiger partial charge in [0, 0.05) is 13.1 Å². The Kier molecular flexibility index (Phi) is 10.1. The minimum atomic E-state index is -0.795. The van der Waals surface area contributed by atoms with Gasteiger partial charge in [-0.25, -0.2) is 0 Å². The van der Waals surface area contributed by atoms with Crippen molar-refractivity contribution < 1.29 is 19.1 Å². The number of carbonyl (C=O) groups excluding carboxylic acids is 3. The number of piperazine rings is 1. The summed E-state index contributed by atoms with van der Waals surface area (Å²) in [6, 6.07) is 7.23. The van der Waals surface area contributed by atoms with Crippen LogP contribution in [-0.4, -0.2) is 53.5 Å². The summed E-state index contributed by atoms with van der Waals surface area (Å²) in [6.07, 6.45) is 2.57. The number of ether oxygens (including phenoxy) is 1. The van der Waals surface area contributed by atoms with Crippen molar-refractivity contribution in [1.82, 2.24) is 15.5 Å². The third-order valence-electron chi connectivity index (χ3n) is 5.46. The maximum absolute atomic E-state index is 12.8. The van der Waals surface area contributed by atoms with Gasteiger partial charge in [0.05, 0.1) is 18.9 Å². The molecule has 1 aromatic rings. The van der Waals surface area contributed by atoms with Crippen molar-refractivity contribution >= 4 is 35.1 Å². The van der Waals surface area contributed by atoms with E-state index in [0.717, 1.165) is 24.8 Å². The molecule has 1 fully saturated rings. The van der Waals surface area contributed by atoms with E-state index >= 15 is 0 Å². The molecule has 0 aliphatic carbocycles. The minimum absolute atomic E-state index is 0.113. The van der Waals surface area contributed by atoms with Crippen LogP contribution in [0.5, 0.6) is 0 Å². The quantitative estimate of drug-likeness (QED) is 0.334. The molecule has 2 atom stereocenters. The fourth-order valence-corrected chi connectivity index (χ4v) is 3.88. The number of carbonyl (C=O) groups is 3. The summed E-state index contributed by atoms with van der Waals surface area (Å²) in [5.41, 5.74) is 2.13. The lowest BCUT2D eigenvalue weighted by atomic mass is 9.96. The molecule has 1 aliphatic rings. The Morgan fingerprint density at radius 1 is 1.25 bits per heavy atom. The molecule has 176 valence electrons. The summed E-state index contributed by atoms with van der Waals surface area (Å²) in [7, 11) is 0. The van der Waals surface area contributed by atoms with Gasteiger partial charge in [0.15, 0.2) is 5.11 Å². The Bertz CT molecular complexity index is 810. The smallest absolute Gasteiger partial charge is 0.308 e. The number of rotatable bonds is 9. The van der Waals surface area contributed by atoms with E-state index in [1.54, 1.807) is 4.90 Å². The Balaban J connectivity index is 1.99. The summed E-state index contributed by atoms with van der Waals surface area (Å²) in [4.78, 5) is 39.0. The first-order valence-corrected chi connectivity index (χ1v) is 11.8. The van der Waals surface area contributed by atoms with E-state index in [1.807, 2.05) is 38.1 Å². The molecule has 2 unspecified atom stereocenters. The van der Waals surface area contributed by atoms with Crippen LogP contribution >= 0.6 is 12.2 Å². The van der Waals surface area contributed by atoms with E-state index in [4.69, 9.17) is 17.0 Å². The zero-order chi connectivity index (χ0) is 23.7. The van der Waals surface area contributed by atoms with Crippen molar-refractivity contribution in [2.24, 2.45) is 5.92 Å². The van der Waals surface area contributed by atoms with Crippen LogP contribution in [0.25, 0.3) is 0 Å². The van der Waals surface area contributed by atoms with Crippen LogP contribution in [0, 0.1) is 5.92 Å². The molecular weight excluding hydrogens is 426 g/mol. The predicted molar refractivity (Wildman–Crippen MR) is 128 cm³/mol. The fraction of sp³-hybridized carbons (Fsp3) is 0.583. The zero-order valence-electron chi connectivity index (χ0n) is 19.5. The Morgan fingerprint density at radius 3 is 2.56 bits per heavy atom. The molecule has 1 saturated heterocycles. The van der Waals surface area contributed by atoms with Crippen molar-refractivity contribution in [3.05, 3.63) is 35.4 Å². The molecule has 32 heavy (non-hydrogen) atoms. The van der Waals surface area contributed by atoms with E-state index in [-0.39, 0.29) is 23.3 Å². The summed E-state index contributed by atoms with van der Waals surface area (Å²) >= 11 is 5.44. The molecule has 0 aromatic heterocycles. The van der Waals surface area contributed by atoms with Gasteiger partial charge in [0.25, 0.3) is 0 Å². The van der Waals surface area contributed by atoms with Gasteiger partial charge in [-0.15, -0.1) is 0 Å². The third kappa shape index (κ3) is 7.58. The van der Waals surface area contributed by atoms with Crippen molar-refractivity contribution in [2.75, 3.05) is 19.7 Å². The lowest BCUT2D eigenvalue weighted by Gasteiger charge is -2.36. The lowest BCUT2D eigenvalue weighted by molar-refractivity contribution is -0.147. The SMILES string of the molecule is CCCCOC(=O)CC1C(=O)NCCN1C(=S)NC(=O)C(C)c1ccc(CC(C)C)cc1. The second-order valence-corrected chi connectivity index (χ2v) is 9.02. The summed E-state index contributed by atoms with van der Waals surface area (Å²) < 4.78 is 5.20. The summed E-state index contributed by atoms with van der Waals surface area (Å²) in [6.45, 7) is 9.30. The first-order valence-electron chi connectivity index (χ1n) is 11.4. The minimum Gasteiger partial charge on any atom is -0.466 e. The van der Waals surface area contributed by atoms with E-state index in [2.05, 4.69) is 24.5 Å². The molecule has 2 amide bonds. The molecule has 2 rings (SSSR count). The van der Waals surface area contributed by atoms with E-state index in [0.29, 0.717) is 25.6 Å². The van der Waals surface area contributed by atoms with E-state index in [9.17, 15) is 14.4 Å². The standard InChI is InChI=1S/C24H35N3O4S/c1-5-6-13-31-21(28)15-20-23(30)25-11-12-27(20)24(32)26-22(29)17(4)19-9-7-18(8-10-19)14-16(2)3/h7-10,16-17,20H,5-6,11-15H2,1-4H3,(H,25,30)(H,26,29,32). The molecule has 0 spiro atoms. The lowest BCUT2D eigenvalue weighted by Crippen LogP contribution is -2.60. The molecule has 0 radical (unpaired) electrons. The van der Waals surface area contributed by atoms with Crippen molar-refractivity contribution in [3.63, 3.8) is 0 Å². The number of hydrogen-bond donors (Lipinski definition) is 2. The van der Waals surface area contributed by atoms with Gasteiger partial charge in [-0.2, -0.15) is 0 Å². The molecule has 7 nitrogen and oxygen atoms in total. The molecule has 1 heterocycles. The number of thiocarbonyl (C=S) groups is 1. The average Bonchev–Trinajstić information content (AvgIpc) is 2.74. The number of benzene rings is 1.